The molecule has 19 heavy (non-hydrogen) atoms. The van der Waals surface area contributed by atoms with Gasteiger partial charge in [-0.1, -0.05) is 6.07 Å². The quantitative estimate of drug-likeness (QED) is 0.738. The van der Waals surface area contributed by atoms with E-state index in [2.05, 4.69) is 33.8 Å². The van der Waals surface area contributed by atoms with Crippen LogP contribution in [-0.2, 0) is 20.6 Å². The van der Waals surface area contributed by atoms with Gasteiger partial charge in [0.15, 0.2) is 0 Å². The van der Waals surface area contributed by atoms with E-state index in [1.54, 1.807) is 21.3 Å². The van der Waals surface area contributed by atoms with Gasteiger partial charge in [0.1, 0.15) is 0 Å². The molecule has 0 radical (unpaired) electrons. The van der Waals surface area contributed by atoms with Crippen molar-refractivity contribution in [2.24, 2.45) is 0 Å². The number of benzene rings is 1. The highest BCUT2D eigenvalue weighted by atomic mass is 16.9. The second-order valence-corrected chi connectivity index (χ2v) is 5.03. The molecule has 0 aliphatic rings. The molecule has 1 aromatic rings. The number of rotatable bonds is 6. The fraction of sp³-hybridized carbons (Fsp3) is 0.625. The van der Waals surface area contributed by atoms with E-state index in [0.29, 0.717) is 6.42 Å². The molecule has 0 aliphatic heterocycles. The Bertz CT molecular complexity index is 400. The van der Waals surface area contributed by atoms with Crippen LogP contribution >= 0.6 is 0 Å². The lowest BCUT2D eigenvalue weighted by atomic mass is 9.91. The van der Waals surface area contributed by atoms with Crippen molar-refractivity contribution in [1.82, 2.24) is 0 Å². The average Bonchev–Trinajstić information content (AvgIpc) is 2.41. The zero-order valence-electron chi connectivity index (χ0n) is 13.2. The monoisotopic (exact) mass is 266 g/mol. The van der Waals surface area contributed by atoms with Crippen molar-refractivity contribution >= 4 is 0 Å². The third-order valence-corrected chi connectivity index (χ3v) is 4.14. The Morgan fingerprint density at radius 1 is 0.842 bits per heavy atom. The Kier molecular flexibility index (Phi) is 5.53. The van der Waals surface area contributed by atoms with E-state index in [1.165, 1.54) is 27.8 Å². The maximum absolute atomic E-state index is 5.35. The van der Waals surface area contributed by atoms with E-state index in [4.69, 9.17) is 14.2 Å². The number of hydrogen-bond donors (Lipinski definition) is 0. The van der Waals surface area contributed by atoms with Crippen LogP contribution in [0.1, 0.15) is 34.2 Å². The summed E-state index contributed by atoms with van der Waals surface area (Å²) in [5.74, 6) is -0.948. The van der Waals surface area contributed by atoms with Gasteiger partial charge >= 0.3 is 0 Å². The Labute approximate surface area is 116 Å². The zero-order chi connectivity index (χ0) is 14.6. The second kappa shape index (κ2) is 6.51. The van der Waals surface area contributed by atoms with Crippen LogP contribution in [0.15, 0.2) is 6.07 Å². The van der Waals surface area contributed by atoms with Crippen molar-refractivity contribution in [3.05, 3.63) is 33.9 Å². The molecular formula is C16H26O3. The van der Waals surface area contributed by atoms with Crippen molar-refractivity contribution in [1.29, 1.82) is 0 Å². The van der Waals surface area contributed by atoms with Crippen molar-refractivity contribution < 1.29 is 14.2 Å². The lowest BCUT2D eigenvalue weighted by Gasteiger charge is -2.29. The van der Waals surface area contributed by atoms with Gasteiger partial charge in [-0.25, -0.2) is 0 Å². The van der Waals surface area contributed by atoms with Gasteiger partial charge < -0.3 is 14.2 Å². The van der Waals surface area contributed by atoms with Crippen LogP contribution in [0.5, 0.6) is 0 Å². The zero-order valence-corrected chi connectivity index (χ0v) is 13.2. The van der Waals surface area contributed by atoms with Gasteiger partial charge in [-0.2, -0.15) is 0 Å². The first kappa shape index (κ1) is 16.2. The molecule has 0 fully saturated rings. The largest absolute Gasteiger partial charge is 0.331 e. The van der Waals surface area contributed by atoms with Gasteiger partial charge in [-0.15, -0.1) is 0 Å². The van der Waals surface area contributed by atoms with Crippen molar-refractivity contribution in [3.63, 3.8) is 0 Å². The topological polar surface area (TPSA) is 27.7 Å². The Morgan fingerprint density at radius 3 is 1.63 bits per heavy atom. The number of ether oxygens (including phenoxy) is 3. The summed E-state index contributed by atoms with van der Waals surface area (Å²) in [7, 11) is 4.82. The Hall–Kier alpha value is -0.900. The van der Waals surface area contributed by atoms with E-state index >= 15 is 0 Å². The summed E-state index contributed by atoms with van der Waals surface area (Å²) >= 11 is 0. The minimum Gasteiger partial charge on any atom is -0.331 e. The maximum Gasteiger partial charge on any atom is 0.282 e. The molecule has 0 saturated carbocycles. The lowest BCUT2D eigenvalue weighted by molar-refractivity contribution is -0.354. The predicted molar refractivity (Wildman–Crippen MR) is 77.5 cm³/mol. The van der Waals surface area contributed by atoms with Crippen LogP contribution in [0.4, 0.5) is 0 Å². The molecule has 0 heterocycles. The van der Waals surface area contributed by atoms with Gasteiger partial charge in [0.05, 0.1) is 0 Å². The van der Waals surface area contributed by atoms with E-state index < -0.39 is 5.97 Å². The van der Waals surface area contributed by atoms with Crippen LogP contribution in [-0.4, -0.2) is 27.3 Å². The van der Waals surface area contributed by atoms with Crippen molar-refractivity contribution in [2.75, 3.05) is 21.3 Å². The first-order valence-electron chi connectivity index (χ1n) is 6.62. The molecule has 0 N–H and O–H groups in total. The molecular weight excluding hydrogens is 240 g/mol. The molecule has 0 spiro atoms. The van der Waals surface area contributed by atoms with Crippen LogP contribution < -0.4 is 0 Å². The van der Waals surface area contributed by atoms with Crippen LogP contribution in [0.25, 0.3) is 0 Å². The first-order valence-corrected chi connectivity index (χ1v) is 6.62. The molecule has 0 amide bonds. The van der Waals surface area contributed by atoms with Crippen LogP contribution in [0.2, 0.25) is 0 Å². The van der Waals surface area contributed by atoms with E-state index in [9.17, 15) is 0 Å². The molecule has 0 unspecified atom stereocenters. The van der Waals surface area contributed by atoms with Gasteiger partial charge in [0.25, 0.3) is 5.97 Å². The fourth-order valence-corrected chi connectivity index (χ4v) is 2.51. The van der Waals surface area contributed by atoms with Gasteiger partial charge in [-0.05, 0) is 61.9 Å². The highest BCUT2D eigenvalue weighted by molar-refractivity contribution is 5.44. The molecule has 0 bridgehead atoms. The van der Waals surface area contributed by atoms with Gasteiger partial charge in [-0.3, -0.25) is 0 Å². The van der Waals surface area contributed by atoms with E-state index in [1.807, 2.05) is 0 Å². The molecule has 3 nitrogen and oxygen atoms in total. The summed E-state index contributed by atoms with van der Waals surface area (Å²) in [6.07, 6.45) is 1.54. The average molecular weight is 266 g/mol. The van der Waals surface area contributed by atoms with Gasteiger partial charge in [0, 0.05) is 27.8 Å². The van der Waals surface area contributed by atoms with Crippen molar-refractivity contribution in [3.8, 4) is 0 Å². The summed E-state index contributed by atoms with van der Waals surface area (Å²) in [6.45, 7) is 8.65. The summed E-state index contributed by atoms with van der Waals surface area (Å²) in [6, 6.07) is 2.24. The highest BCUT2D eigenvalue weighted by Gasteiger charge is 2.29. The third kappa shape index (κ3) is 3.35. The number of aryl methyl sites for hydroxylation is 2. The Balaban J connectivity index is 3.01. The third-order valence-electron chi connectivity index (χ3n) is 4.14. The molecule has 1 rings (SSSR count). The van der Waals surface area contributed by atoms with Gasteiger partial charge in [0.2, 0.25) is 0 Å². The maximum atomic E-state index is 5.35. The van der Waals surface area contributed by atoms with E-state index in [0.717, 1.165) is 6.42 Å². The molecule has 0 aromatic heterocycles. The second-order valence-electron chi connectivity index (χ2n) is 5.03. The summed E-state index contributed by atoms with van der Waals surface area (Å²) < 4.78 is 16.1. The highest BCUT2D eigenvalue weighted by Crippen LogP contribution is 2.26. The SMILES string of the molecule is COC(CCc1c(C)c(C)cc(C)c1C)(OC)OC. The van der Waals surface area contributed by atoms with Crippen LogP contribution in [0, 0.1) is 27.7 Å². The predicted octanol–water partition coefficient (Wildman–Crippen LogP) is 3.45. The summed E-state index contributed by atoms with van der Waals surface area (Å²) in [5.41, 5.74) is 6.72. The van der Waals surface area contributed by atoms with E-state index in [-0.39, 0.29) is 0 Å². The molecule has 0 aliphatic carbocycles. The summed E-state index contributed by atoms with van der Waals surface area (Å²) in [4.78, 5) is 0. The minimum absolute atomic E-state index is 0.668. The number of methoxy groups -OCH3 is 3. The molecule has 3 heteroatoms. The summed E-state index contributed by atoms with van der Waals surface area (Å²) in [5, 5.41) is 0. The lowest BCUT2D eigenvalue weighted by Crippen LogP contribution is -2.36. The fourth-order valence-electron chi connectivity index (χ4n) is 2.51. The standard InChI is InChI=1S/C16H26O3/c1-11-10-12(2)14(4)15(13(11)3)8-9-16(17-5,18-6)19-7/h10H,8-9H2,1-7H3. The molecule has 1 aromatic carbocycles. The normalized spacial score (nSPS) is 11.9. The Morgan fingerprint density at radius 2 is 1.26 bits per heavy atom. The molecule has 0 atom stereocenters. The molecule has 108 valence electrons. The first-order chi connectivity index (χ1) is 8.90. The minimum atomic E-state index is -0.948. The smallest absolute Gasteiger partial charge is 0.282 e. The number of hydrogen-bond acceptors (Lipinski definition) is 3. The molecule has 0 saturated heterocycles. The van der Waals surface area contributed by atoms with Crippen LogP contribution in [0.3, 0.4) is 0 Å². The van der Waals surface area contributed by atoms with Crippen molar-refractivity contribution in [2.45, 2.75) is 46.5 Å².